The second-order valence-electron chi connectivity index (χ2n) is 13.0. The van der Waals surface area contributed by atoms with E-state index in [2.05, 4.69) is 20.8 Å². The maximum Gasteiger partial charge on any atom is 0.159 e. The molecule has 0 amide bonds. The molecule has 0 unspecified atom stereocenters. The summed E-state index contributed by atoms with van der Waals surface area (Å²) in [5, 5.41) is 20.8. The standard InChI is InChI=1S/C27H44O3/c1-17(9-11-24(2,3)29)19-7-8-20-23-21(10-12-27(19,20)6)26(5)14-13-25(4,30)16-18(26)15-22(23)28/h15,17,19-21,23,29-30H,7-14,16H2,1-6H3/t17-,19-,20+,21+,23+,25+,26+,27-/m1/s1. The van der Waals surface area contributed by atoms with Crippen LogP contribution in [0.1, 0.15) is 99.3 Å². The Hall–Kier alpha value is -0.670. The maximum atomic E-state index is 13.5. The van der Waals surface area contributed by atoms with Crippen LogP contribution in [0.15, 0.2) is 11.6 Å². The quantitative estimate of drug-likeness (QED) is 0.619. The van der Waals surface area contributed by atoms with E-state index in [9.17, 15) is 15.0 Å². The number of aliphatic hydroxyl groups is 2. The number of hydrogen-bond donors (Lipinski definition) is 2. The fourth-order valence-electron chi connectivity index (χ4n) is 8.31. The third kappa shape index (κ3) is 3.62. The molecule has 4 aliphatic carbocycles. The van der Waals surface area contributed by atoms with Gasteiger partial charge in [0.15, 0.2) is 5.78 Å². The fourth-order valence-corrected chi connectivity index (χ4v) is 8.31. The van der Waals surface area contributed by atoms with Gasteiger partial charge in [-0.2, -0.15) is 0 Å². The first-order valence-corrected chi connectivity index (χ1v) is 12.5. The Bertz CT molecular complexity index is 729. The van der Waals surface area contributed by atoms with Gasteiger partial charge in [0.05, 0.1) is 11.2 Å². The number of fused-ring (bicyclic) bond motifs is 5. The molecule has 3 saturated carbocycles. The first-order valence-electron chi connectivity index (χ1n) is 12.5. The molecule has 0 heterocycles. The van der Waals surface area contributed by atoms with Gasteiger partial charge in [-0.25, -0.2) is 0 Å². The van der Waals surface area contributed by atoms with Gasteiger partial charge in [0.2, 0.25) is 0 Å². The van der Waals surface area contributed by atoms with E-state index in [1.165, 1.54) is 24.8 Å². The van der Waals surface area contributed by atoms with Crippen molar-refractivity contribution < 1.29 is 15.0 Å². The minimum absolute atomic E-state index is 0.0900. The summed E-state index contributed by atoms with van der Waals surface area (Å²) < 4.78 is 0. The minimum Gasteiger partial charge on any atom is -0.390 e. The molecule has 4 rings (SSSR count). The number of carbonyl (C=O) groups excluding carboxylic acids is 1. The Kier molecular flexibility index (Phi) is 5.38. The summed E-state index contributed by atoms with van der Waals surface area (Å²) in [7, 11) is 0. The molecular weight excluding hydrogens is 372 g/mol. The Labute approximate surface area is 183 Å². The second kappa shape index (κ2) is 7.17. The van der Waals surface area contributed by atoms with E-state index in [0.29, 0.717) is 35.9 Å². The summed E-state index contributed by atoms with van der Waals surface area (Å²) in [6.45, 7) is 13.0. The number of carbonyl (C=O) groups is 1. The largest absolute Gasteiger partial charge is 0.390 e. The molecule has 8 atom stereocenters. The van der Waals surface area contributed by atoms with E-state index >= 15 is 0 Å². The molecule has 0 bridgehead atoms. The lowest BCUT2D eigenvalue weighted by molar-refractivity contribution is -0.136. The van der Waals surface area contributed by atoms with Crippen molar-refractivity contribution >= 4 is 5.78 Å². The maximum absolute atomic E-state index is 13.5. The molecule has 0 aromatic carbocycles. The van der Waals surface area contributed by atoms with Gasteiger partial charge in [0.25, 0.3) is 0 Å². The van der Waals surface area contributed by atoms with Crippen LogP contribution >= 0.6 is 0 Å². The van der Waals surface area contributed by atoms with E-state index < -0.39 is 11.2 Å². The summed E-state index contributed by atoms with van der Waals surface area (Å²) in [5.74, 6) is 2.72. The molecule has 0 spiro atoms. The predicted octanol–water partition coefficient (Wildman–Crippen LogP) is 5.68. The van der Waals surface area contributed by atoms with Gasteiger partial charge >= 0.3 is 0 Å². The molecule has 4 aliphatic rings. The number of hydrogen-bond acceptors (Lipinski definition) is 3. The highest BCUT2D eigenvalue weighted by Crippen LogP contribution is 2.67. The van der Waals surface area contributed by atoms with E-state index in [-0.39, 0.29) is 16.7 Å². The Morgan fingerprint density at radius 1 is 1.10 bits per heavy atom. The van der Waals surface area contributed by atoms with Crippen LogP contribution in [0.2, 0.25) is 0 Å². The van der Waals surface area contributed by atoms with Crippen molar-refractivity contribution in [3.63, 3.8) is 0 Å². The summed E-state index contributed by atoms with van der Waals surface area (Å²) in [6, 6.07) is 0. The van der Waals surface area contributed by atoms with Gasteiger partial charge in [0.1, 0.15) is 0 Å². The molecule has 170 valence electrons. The van der Waals surface area contributed by atoms with Crippen LogP contribution in [0, 0.1) is 40.4 Å². The van der Waals surface area contributed by atoms with E-state index in [1.807, 2.05) is 26.8 Å². The zero-order valence-electron chi connectivity index (χ0n) is 20.1. The third-order valence-electron chi connectivity index (χ3n) is 10.2. The Morgan fingerprint density at radius 3 is 2.47 bits per heavy atom. The van der Waals surface area contributed by atoms with Crippen LogP contribution in [0.5, 0.6) is 0 Å². The highest BCUT2D eigenvalue weighted by molar-refractivity contribution is 5.94. The molecule has 3 fully saturated rings. The van der Waals surface area contributed by atoms with Crippen molar-refractivity contribution in [2.45, 2.75) is 111 Å². The van der Waals surface area contributed by atoms with Crippen LogP contribution in [-0.4, -0.2) is 27.2 Å². The van der Waals surface area contributed by atoms with Crippen LogP contribution in [0.4, 0.5) is 0 Å². The number of rotatable bonds is 4. The van der Waals surface area contributed by atoms with Gasteiger partial charge in [-0.15, -0.1) is 0 Å². The molecule has 2 N–H and O–H groups in total. The molecule has 3 heteroatoms. The smallest absolute Gasteiger partial charge is 0.159 e. The van der Waals surface area contributed by atoms with Crippen LogP contribution in [0.3, 0.4) is 0 Å². The van der Waals surface area contributed by atoms with Crippen LogP contribution < -0.4 is 0 Å². The molecule has 0 aromatic rings. The average Bonchev–Trinajstić information content (AvgIpc) is 2.97. The first-order chi connectivity index (χ1) is 13.8. The van der Waals surface area contributed by atoms with Crippen molar-refractivity contribution in [2.75, 3.05) is 0 Å². The normalized spacial score (nSPS) is 47.2. The van der Waals surface area contributed by atoms with E-state index in [0.717, 1.165) is 32.1 Å². The monoisotopic (exact) mass is 416 g/mol. The van der Waals surface area contributed by atoms with Crippen molar-refractivity contribution in [3.8, 4) is 0 Å². The lowest BCUT2D eigenvalue weighted by atomic mass is 9.46. The number of allylic oxidation sites excluding steroid dienone is 1. The molecule has 30 heavy (non-hydrogen) atoms. The molecule has 0 aliphatic heterocycles. The summed E-state index contributed by atoms with van der Waals surface area (Å²) in [6.07, 6.45) is 11.2. The van der Waals surface area contributed by atoms with Crippen molar-refractivity contribution in [1.29, 1.82) is 0 Å². The van der Waals surface area contributed by atoms with E-state index in [1.54, 1.807) is 0 Å². The number of ketones is 1. The average molecular weight is 417 g/mol. The van der Waals surface area contributed by atoms with Crippen molar-refractivity contribution in [2.24, 2.45) is 40.4 Å². The molecular formula is C27H44O3. The van der Waals surface area contributed by atoms with Gasteiger partial charge < -0.3 is 10.2 Å². The fraction of sp³-hybridized carbons (Fsp3) is 0.889. The lowest BCUT2D eigenvalue weighted by Crippen LogP contribution is -2.54. The Balaban J connectivity index is 1.58. The van der Waals surface area contributed by atoms with Gasteiger partial charge in [-0.3, -0.25) is 4.79 Å². The Morgan fingerprint density at radius 2 is 1.80 bits per heavy atom. The topological polar surface area (TPSA) is 57.5 Å². The van der Waals surface area contributed by atoms with Crippen LogP contribution in [0.25, 0.3) is 0 Å². The first kappa shape index (κ1) is 22.5. The van der Waals surface area contributed by atoms with Crippen molar-refractivity contribution in [1.82, 2.24) is 0 Å². The third-order valence-corrected chi connectivity index (χ3v) is 10.2. The molecule has 0 aromatic heterocycles. The SMILES string of the molecule is C[C@H](CCC(C)(C)O)[C@H]1CC[C@H]2[C@@H]3C(=O)C=C4C[C@@](C)(O)CC[C@]4(C)[C@H]3CC[C@]12C. The predicted molar refractivity (Wildman–Crippen MR) is 121 cm³/mol. The van der Waals surface area contributed by atoms with Gasteiger partial charge in [-0.05, 0) is 119 Å². The zero-order valence-corrected chi connectivity index (χ0v) is 20.1. The summed E-state index contributed by atoms with van der Waals surface area (Å²) in [4.78, 5) is 13.5. The van der Waals surface area contributed by atoms with Gasteiger partial charge in [0, 0.05) is 5.92 Å². The summed E-state index contributed by atoms with van der Waals surface area (Å²) in [5.41, 5.74) is 0.310. The lowest BCUT2D eigenvalue weighted by Gasteiger charge is -2.58. The highest BCUT2D eigenvalue weighted by atomic mass is 16.3. The highest BCUT2D eigenvalue weighted by Gasteiger charge is 2.61. The molecule has 3 nitrogen and oxygen atoms in total. The summed E-state index contributed by atoms with van der Waals surface area (Å²) >= 11 is 0. The van der Waals surface area contributed by atoms with Gasteiger partial charge in [-0.1, -0.05) is 26.3 Å². The minimum atomic E-state index is -0.657. The zero-order chi connectivity index (χ0) is 22.1. The van der Waals surface area contributed by atoms with E-state index in [4.69, 9.17) is 0 Å². The molecule has 0 radical (unpaired) electrons. The second-order valence-corrected chi connectivity index (χ2v) is 13.0. The molecule has 0 saturated heterocycles. The van der Waals surface area contributed by atoms with Crippen LogP contribution in [-0.2, 0) is 4.79 Å². The van der Waals surface area contributed by atoms with Crippen molar-refractivity contribution in [3.05, 3.63) is 11.6 Å².